The molecule has 1 saturated carbocycles. The molecule has 0 aromatic heterocycles. The smallest absolute Gasteiger partial charge is 0.129 e. The predicted octanol–water partition coefficient (Wildman–Crippen LogP) is 3.28. The molecular weight excluding hydrogens is 271 g/mol. The molecule has 16 heavy (non-hydrogen) atoms. The lowest BCUT2D eigenvalue weighted by Gasteiger charge is -2.17. The van der Waals surface area contributed by atoms with Crippen LogP contribution in [0.3, 0.4) is 0 Å². The second kappa shape index (κ2) is 5.25. The van der Waals surface area contributed by atoms with E-state index in [2.05, 4.69) is 21.4 Å². The third-order valence-electron chi connectivity index (χ3n) is 3.10. The molecule has 1 unspecified atom stereocenters. The summed E-state index contributed by atoms with van der Waals surface area (Å²) in [6.07, 6.45) is 4.67. The van der Waals surface area contributed by atoms with Gasteiger partial charge in [-0.2, -0.15) is 0 Å². The highest BCUT2D eigenvalue weighted by Crippen LogP contribution is 2.36. The minimum absolute atomic E-state index is 0.0753. The third-order valence-corrected chi connectivity index (χ3v) is 3.59. The average molecular weight is 287 g/mol. The standard InChI is InChI=1S/C12H16BrFN2/c13-9-4-5-10(11(14)7-9)12(16-15)6-3-8-1-2-8/h4-5,7-8,12,16H,1-3,6,15H2. The molecule has 1 aliphatic carbocycles. The van der Waals surface area contributed by atoms with E-state index in [-0.39, 0.29) is 11.9 Å². The van der Waals surface area contributed by atoms with Crippen LogP contribution >= 0.6 is 15.9 Å². The Morgan fingerprint density at radius 1 is 1.50 bits per heavy atom. The topological polar surface area (TPSA) is 38.0 Å². The zero-order chi connectivity index (χ0) is 11.5. The van der Waals surface area contributed by atoms with Gasteiger partial charge in [-0.3, -0.25) is 11.3 Å². The molecule has 0 spiro atoms. The number of hydrazine groups is 1. The first-order chi connectivity index (χ1) is 7.70. The fourth-order valence-corrected chi connectivity index (χ4v) is 2.25. The largest absolute Gasteiger partial charge is 0.271 e. The lowest BCUT2D eigenvalue weighted by atomic mass is 10.0. The normalized spacial score (nSPS) is 17.4. The molecule has 3 N–H and O–H groups in total. The van der Waals surface area contributed by atoms with Crippen LogP contribution in [-0.4, -0.2) is 0 Å². The quantitative estimate of drug-likeness (QED) is 0.644. The molecule has 1 aliphatic rings. The molecule has 88 valence electrons. The van der Waals surface area contributed by atoms with E-state index in [4.69, 9.17) is 5.84 Å². The van der Waals surface area contributed by atoms with Crippen molar-refractivity contribution in [2.45, 2.75) is 31.7 Å². The van der Waals surface area contributed by atoms with Gasteiger partial charge in [-0.05, 0) is 30.9 Å². The van der Waals surface area contributed by atoms with Gasteiger partial charge in [0.2, 0.25) is 0 Å². The van der Waals surface area contributed by atoms with E-state index in [1.807, 2.05) is 6.07 Å². The van der Waals surface area contributed by atoms with Crippen LogP contribution < -0.4 is 11.3 Å². The van der Waals surface area contributed by atoms with Crippen LogP contribution in [0.2, 0.25) is 0 Å². The van der Waals surface area contributed by atoms with Crippen LogP contribution in [0.1, 0.15) is 37.3 Å². The molecule has 0 saturated heterocycles. The lowest BCUT2D eigenvalue weighted by Crippen LogP contribution is -2.28. The number of hydrogen-bond donors (Lipinski definition) is 2. The summed E-state index contributed by atoms with van der Waals surface area (Å²) < 4.78 is 14.5. The molecule has 0 radical (unpaired) electrons. The Hall–Kier alpha value is -0.450. The molecule has 2 rings (SSSR count). The highest BCUT2D eigenvalue weighted by Gasteiger charge is 2.23. The van der Waals surface area contributed by atoms with E-state index in [9.17, 15) is 4.39 Å². The van der Waals surface area contributed by atoms with Gasteiger partial charge < -0.3 is 0 Å². The van der Waals surface area contributed by atoms with Crippen molar-refractivity contribution in [2.24, 2.45) is 11.8 Å². The van der Waals surface area contributed by atoms with Gasteiger partial charge in [-0.15, -0.1) is 0 Å². The predicted molar refractivity (Wildman–Crippen MR) is 66.1 cm³/mol. The molecule has 0 amide bonds. The summed E-state index contributed by atoms with van der Waals surface area (Å²) in [6, 6.07) is 5.04. The van der Waals surface area contributed by atoms with Gasteiger partial charge in [-0.1, -0.05) is 34.8 Å². The van der Waals surface area contributed by atoms with Crippen molar-refractivity contribution >= 4 is 15.9 Å². The fraction of sp³-hybridized carbons (Fsp3) is 0.500. The Morgan fingerprint density at radius 2 is 2.25 bits per heavy atom. The monoisotopic (exact) mass is 286 g/mol. The maximum absolute atomic E-state index is 13.7. The number of nitrogens with one attached hydrogen (secondary N) is 1. The number of nitrogens with two attached hydrogens (primary N) is 1. The number of halogens is 2. The summed E-state index contributed by atoms with van der Waals surface area (Å²) in [5.41, 5.74) is 3.37. The Balaban J connectivity index is 2.05. The van der Waals surface area contributed by atoms with Gasteiger partial charge in [0.25, 0.3) is 0 Å². The Kier molecular flexibility index (Phi) is 3.95. The van der Waals surface area contributed by atoms with Crippen LogP contribution in [0.15, 0.2) is 22.7 Å². The van der Waals surface area contributed by atoms with Crippen molar-refractivity contribution in [3.8, 4) is 0 Å². The van der Waals surface area contributed by atoms with E-state index in [1.165, 1.54) is 18.9 Å². The first-order valence-corrected chi connectivity index (χ1v) is 6.41. The number of hydrogen-bond acceptors (Lipinski definition) is 2. The Labute approximate surface area is 104 Å². The Morgan fingerprint density at radius 3 is 2.81 bits per heavy atom. The molecule has 2 nitrogen and oxygen atoms in total. The molecule has 1 fully saturated rings. The van der Waals surface area contributed by atoms with Crippen LogP contribution in [0.5, 0.6) is 0 Å². The first kappa shape index (κ1) is 12.0. The molecule has 1 aromatic carbocycles. The maximum Gasteiger partial charge on any atom is 0.129 e. The SMILES string of the molecule is NNC(CCC1CC1)c1ccc(Br)cc1F. The van der Waals surface area contributed by atoms with Crippen molar-refractivity contribution in [3.05, 3.63) is 34.1 Å². The maximum atomic E-state index is 13.7. The summed E-state index contributed by atoms with van der Waals surface area (Å²) in [5, 5.41) is 0. The zero-order valence-corrected chi connectivity index (χ0v) is 10.6. The molecular formula is C12H16BrFN2. The molecule has 1 aromatic rings. The summed E-state index contributed by atoms with van der Waals surface area (Å²) >= 11 is 3.25. The molecule has 1 atom stereocenters. The van der Waals surface area contributed by atoms with E-state index in [0.717, 1.165) is 23.2 Å². The summed E-state index contributed by atoms with van der Waals surface area (Å²) in [7, 11) is 0. The minimum Gasteiger partial charge on any atom is -0.271 e. The van der Waals surface area contributed by atoms with Crippen LogP contribution in [-0.2, 0) is 0 Å². The highest BCUT2D eigenvalue weighted by atomic mass is 79.9. The lowest BCUT2D eigenvalue weighted by molar-refractivity contribution is 0.460. The molecule has 4 heteroatoms. The van der Waals surface area contributed by atoms with Gasteiger partial charge in [0, 0.05) is 16.1 Å². The fourth-order valence-electron chi connectivity index (χ4n) is 1.92. The van der Waals surface area contributed by atoms with Gasteiger partial charge in [0.05, 0.1) is 0 Å². The van der Waals surface area contributed by atoms with Crippen molar-refractivity contribution in [1.29, 1.82) is 0 Å². The van der Waals surface area contributed by atoms with E-state index in [1.54, 1.807) is 6.07 Å². The van der Waals surface area contributed by atoms with Gasteiger partial charge >= 0.3 is 0 Å². The summed E-state index contributed by atoms with van der Waals surface area (Å²) in [4.78, 5) is 0. The van der Waals surface area contributed by atoms with Crippen molar-refractivity contribution < 1.29 is 4.39 Å². The third kappa shape index (κ3) is 3.03. The average Bonchev–Trinajstić information content (AvgIpc) is 3.05. The van der Waals surface area contributed by atoms with Crippen LogP contribution in [0.25, 0.3) is 0 Å². The van der Waals surface area contributed by atoms with Gasteiger partial charge in [0.1, 0.15) is 5.82 Å². The second-order valence-corrected chi connectivity index (χ2v) is 5.32. The zero-order valence-electron chi connectivity index (χ0n) is 9.05. The van der Waals surface area contributed by atoms with Gasteiger partial charge in [-0.25, -0.2) is 4.39 Å². The van der Waals surface area contributed by atoms with E-state index >= 15 is 0 Å². The number of rotatable bonds is 5. The molecule has 0 aliphatic heterocycles. The Bertz CT molecular complexity index is 366. The summed E-state index contributed by atoms with van der Waals surface area (Å²) in [6.45, 7) is 0. The van der Waals surface area contributed by atoms with Crippen molar-refractivity contribution in [3.63, 3.8) is 0 Å². The van der Waals surface area contributed by atoms with E-state index < -0.39 is 0 Å². The van der Waals surface area contributed by atoms with E-state index in [0.29, 0.717) is 5.56 Å². The number of benzene rings is 1. The van der Waals surface area contributed by atoms with Gasteiger partial charge in [0.15, 0.2) is 0 Å². The van der Waals surface area contributed by atoms with Crippen molar-refractivity contribution in [1.82, 2.24) is 5.43 Å². The second-order valence-electron chi connectivity index (χ2n) is 4.41. The van der Waals surface area contributed by atoms with Crippen molar-refractivity contribution in [2.75, 3.05) is 0 Å². The molecule has 0 bridgehead atoms. The molecule has 0 heterocycles. The first-order valence-electron chi connectivity index (χ1n) is 5.62. The summed E-state index contributed by atoms with van der Waals surface area (Å²) in [5.74, 6) is 6.13. The van der Waals surface area contributed by atoms with Crippen LogP contribution in [0, 0.1) is 11.7 Å². The highest BCUT2D eigenvalue weighted by molar-refractivity contribution is 9.10. The van der Waals surface area contributed by atoms with Crippen LogP contribution in [0.4, 0.5) is 4.39 Å². The minimum atomic E-state index is -0.201.